The summed E-state index contributed by atoms with van der Waals surface area (Å²) in [4.78, 5) is 41.7. The van der Waals surface area contributed by atoms with Gasteiger partial charge in [0.1, 0.15) is 0 Å². The summed E-state index contributed by atoms with van der Waals surface area (Å²) in [6.07, 6.45) is 1.09. The summed E-state index contributed by atoms with van der Waals surface area (Å²) in [7, 11) is 0. The lowest BCUT2D eigenvalue weighted by Crippen LogP contribution is -2.13. The smallest absolute Gasteiger partial charge is 0.236 e. The van der Waals surface area contributed by atoms with Crippen LogP contribution in [0.25, 0.3) is 10.2 Å². The fraction of sp³-hybridized carbons (Fsp3) is 0.143. The Kier molecular flexibility index (Phi) is 9.55. The number of benzene rings is 3. The van der Waals surface area contributed by atoms with Crippen molar-refractivity contribution in [2.24, 2.45) is 0 Å². The average molecular weight is 606 g/mol. The number of Topliss-reactive ketones (excluding diaryl/α,β-unsaturated/α-hetero) is 1. The minimum absolute atomic E-state index is 0.0104. The average Bonchev–Trinajstić information content (AvgIpc) is 3.60. The number of nitrogens with one attached hydrogen (secondary N) is 2. The van der Waals surface area contributed by atoms with Gasteiger partial charge in [0.25, 0.3) is 0 Å². The molecule has 0 unspecified atom stereocenters. The molecule has 0 radical (unpaired) electrons. The second-order valence-electron chi connectivity index (χ2n) is 8.48. The van der Waals surface area contributed by atoms with Crippen LogP contribution in [0.5, 0.6) is 0 Å². The lowest BCUT2D eigenvalue weighted by atomic mass is 10.1. The number of thioether (sulfide) groups is 2. The molecular formula is C28H23N5O3S4. The largest absolute Gasteiger partial charge is 0.326 e. The normalized spacial score (nSPS) is 10.9. The van der Waals surface area contributed by atoms with Gasteiger partial charge in [0.05, 0.1) is 21.7 Å². The lowest BCUT2D eigenvalue weighted by Gasteiger charge is -2.05. The van der Waals surface area contributed by atoms with Crippen LogP contribution in [0.2, 0.25) is 0 Å². The lowest BCUT2D eigenvalue weighted by molar-refractivity contribution is -0.116. The van der Waals surface area contributed by atoms with Gasteiger partial charge in [0, 0.05) is 17.7 Å². The SMILES string of the molecule is O=C(CCc1ccccc1)Nc1ccc2nc(SCC(=O)Nc3nnc(SCC(=O)c4ccccc4)s3)sc2c1. The van der Waals surface area contributed by atoms with Crippen LogP contribution in [-0.2, 0) is 16.0 Å². The number of ketones is 1. The molecule has 0 aliphatic rings. The van der Waals surface area contributed by atoms with Crippen molar-refractivity contribution in [3.8, 4) is 0 Å². The molecule has 0 fully saturated rings. The highest BCUT2D eigenvalue weighted by molar-refractivity contribution is 8.02. The predicted octanol–water partition coefficient (Wildman–Crippen LogP) is 6.42. The fourth-order valence-corrected chi connectivity index (χ4v) is 7.18. The van der Waals surface area contributed by atoms with Gasteiger partial charge in [0.15, 0.2) is 14.5 Å². The van der Waals surface area contributed by atoms with Crippen molar-refractivity contribution in [3.05, 3.63) is 90.0 Å². The fourth-order valence-electron chi connectivity index (χ4n) is 3.60. The Morgan fingerprint density at radius 3 is 2.30 bits per heavy atom. The highest BCUT2D eigenvalue weighted by Crippen LogP contribution is 2.32. The number of thiazole rings is 1. The standard InChI is InChI=1S/C28H23N5O3S4/c34-22(19-9-5-2-6-10-19)16-37-28-33-32-26(40-28)31-25(36)17-38-27-30-21-13-12-20(15-23(21)39-27)29-24(35)14-11-18-7-3-1-4-8-18/h1-10,12-13,15H,11,14,16-17H2,(H,29,35)(H,31,32,36). The number of hydrogen-bond donors (Lipinski definition) is 2. The van der Waals surface area contributed by atoms with E-state index in [-0.39, 0.29) is 29.1 Å². The molecule has 2 heterocycles. The molecule has 3 aromatic carbocycles. The molecule has 5 rings (SSSR count). The number of anilines is 2. The molecule has 202 valence electrons. The van der Waals surface area contributed by atoms with Crippen LogP contribution in [0.3, 0.4) is 0 Å². The van der Waals surface area contributed by atoms with Crippen LogP contribution in [0.1, 0.15) is 22.3 Å². The van der Waals surface area contributed by atoms with Crippen LogP contribution in [0.4, 0.5) is 10.8 Å². The maximum Gasteiger partial charge on any atom is 0.236 e. The highest BCUT2D eigenvalue weighted by atomic mass is 32.2. The number of aryl methyl sites for hydroxylation is 1. The van der Waals surface area contributed by atoms with Gasteiger partial charge < -0.3 is 5.32 Å². The van der Waals surface area contributed by atoms with E-state index in [9.17, 15) is 14.4 Å². The molecule has 8 nitrogen and oxygen atoms in total. The van der Waals surface area contributed by atoms with E-state index in [1.807, 2.05) is 66.7 Å². The van der Waals surface area contributed by atoms with Crippen molar-refractivity contribution >= 4 is 84.8 Å². The van der Waals surface area contributed by atoms with E-state index in [0.717, 1.165) is 25.8 Å². The predicted molar refractivity (Wildman–Crippen MR) is 164 cm³/mol. The number of hydrogen-bond acceptors (Lipinski definition) is 10. The molecule has 0 atom stereocenters. The Hall–Kier alpha value is -3.58. The molecule has 0 bridgehead atoms. The van der Waals surface area contributed by atoms with Crippen LogP contribution >= 0.6 is 46.2 Å². The van der Waals surface area contributed by atoms with Crippen molar-refractivity contribution in [2.45, 2.75) is 21.5 Å². The zero-order chi connectivity index (χ0) is 27.7. The van der Waals surface area contributed by atoms with E-state index in [0.29, 0.717) is 27.9 Å². The van der Waals surface area contributed by atoms with Gasteiger partial charge in [-0.3, -0.25) is 19.7 Å². The number of carbonyl (C=O) groups is 3. The first-order valence-electron chi connectivity index (χ1n) is 12.2. The number of nitrogens with zero attached hydrogens (tertiary/aromatic N) is 3. The number of amides is 2. The summed E-state index contributed by atoms with van der Waals surface area (Å²) in [6.45, 7) is 0. The molecule has 40 heavy (non-hydrogen) atoms. The third-order valence-corrected chi connectivity index (χ3v) is 9.67. The van der Waals surface area contributed by atoms with Gasteiger partial charge in [-0.25, -0.2) is 4.98 Å². The van der Waals surface area contributed by atoms with E-state index in [4.69, 9.17) is 0 Å². The van der Waals surface area contributed by atoms with Gasteiger partial charge in [-0.15, -0.1) is 21.5 Å². The van der Waals surface area contributed by atoms with E-state index in [1.54, 1.807) is 12.1 Å². The van der Waals surface area contributed by atoms with Gasteiger partial charge in [-0.1, -0.05) is 95.5 Å². The first-order valence-corrected chi connectivity index (χ1v) is 15.8. The van der Waals surface area contributed by atoms with Crippen LogP contribution in [0, 0.1) is 0 Å². The summed E-state index contributed by atoms with van der Waals surface area (Å²) in [5.41, 5.74) is 3.31. The van der Waals surface area contributed by atoms with Crippen molar-refractivity contribution in [1.29, 1.82) is 0 Å². The van der Waals surface area contributed by atoms with Crippen LogP contribution in [0.15, 0.2) is 87.5 Å². The Bertz CT molecular complexity index is 1620. The molecule has 5 aromatic rings. The summed E-state index contributed by atoms with van der Waals surface area (Å²) in [6, 6.07) is 24.6. The molecular weight excluding hydrogens is 583 g/mol. The summed E-state index contributed by atoms with van der Waals surface area (Å²) < 4.78 is 2.30. The molecule has 2 aromatic heterocycles. The minimum atomic E-state index is -0.219. The quantitative estimate of drug-likeness (QED) is 0.0951. The van der Waals surface area contributed by atoms with Crippen LogP contribution < -0.4 is 10.6 Å². The second-order valence-corrected chi connectivity index (χ2v) is 12.9. The van der Waals surface area contributed by atoms with E-state index >= 15 is 0 Å². The van der Waals surface area contributed by atoms with Gasteiger partial charge >= 0.3 is 0 Å². The van der Waals surface area contributed by atoms with E-state index < -0.39 is 0 Å². The number of fused-ring (bicyclic) bond motifs is 1. The first kappa shape index (κ1) is 28.0. The van der Waals surface area contributed by atoms with Crippen molar-refractivity contribution in [3.63, 3.8) is 0 Å². The maximum atomic E-state index is 12.5. The topological polar surface area (TPSA) is 114 Å². The summed E-state index contributed by atoms with van der Waals surface area (Å²) in [5, 5.41) is 14.2. The summed E-state index contributed by atoms with van der Waals surface area (Å²) >= 11 is 5.33. The Morgan fingerprint density at radius 2 is 1.50 bits per heavy atom. The molecule has 0 saturated heterocycles. The van der Waals surface area contributed by atoms with Crippen LogP contribution in [-0.4, -0.2) is 44.3 Å². The highest BCUT2D eigenvalue weighted by Gasteiger charge is 2.13. The van der Waals surface area contributed by atoms with E-state index in [1.165, 1.54) is 46.2 Å². The van der Waals surface area contributed by atoms with Gasteiger partial charge in [0.2, 0.25) is 16.9 Å². The molecule has 0 saturated carbocycles. The van der Waals surface area contributed by atoms with Crippen molar-refractivity contribution in [2.75, 3.05) is 22.1 Å². The molecule has 0 spiro atoms. The number of aromatic nitrogens is 3. The first-order chi connectivity index (χ1) is 19.5. The van der Waals surface area contributed by atoms with Crippen molar-refractivity contribution in [1.82, 2.24) is 15.2 Å². The number of rotatable bonds is 12. The van der Waals surface area contributed by atoms with Crippen molar-refractivity contribution < 1.29 is 14.4 Å². The zero-order valence-electron chi connectivity index (χ0n) is 21.0. The Morgan fingerprint density at radius 1 is 0.750 bits per heavy atom. The monoisotopic (exact) mass is 605 g/mol. The Balaban J connectivity index is 1.08. The molecule has 12 heteroatoms. The maximum absolute atomic E-state index is 12.5. The number of carbonyl (C=O) groups excluding carboxylic acids is 3. The van der Waals surface area contributed by atoms with Gasteiger partial charge in [-0.2, -0.15) is 0 Å². The Labute approximate surface area is 247 Å². The zero-order valence-corrected chi connectivity index (χ0v) is 24.3. The van der Waals surface area contributed by atoms with Gasteiger partial charge in [-0.05, 0) is 30.2 Å². The molecule has 0 aliphatic heterocycles. The van der Waals surface area contributed by atoms with E-state index in [2.05, 4.69) is 25.8 Å². The minimum Gasteiger partial charge on any atom is -0.326 e. The second kappa shape index (κ2) is 13.7. The molecule has 0 aliphatic carbocycles. The third kappa shape index (κ3) is 7.98. The summed E-state index contributed by atoms with van der Waals surface area (Å²) in [5.74, 6) is 0.163. The molecule has 2 N–H and O–H groups in total. The third-order valence-electron chi connectivity index (χ3n) is 5.54. The molecule has 2 amide bonds.